The Kier molecular flexibility index (Phi) is 7.81. The molecule has 0 unspecified atom stereocenters. The number of anilines is 1. The first kappa shape index (κ1) is 24.3. The molecule has 0 amide bonds. The van der Waals surface area contributed by atoms with Crippen molar-refractivity contribution in [3.63, 3.8) is 0 Å². The van der Waals surface area contributed by atoms with E-state index < -0.39 is 6.10 Å². The molecule has 180 valence electrons. The van der Waals surface area contributed by atoms with Crippen LogP contribution in [-0.2, 0) is 6.54 Å². The number of fused-ring (bicyclic) bond motifs is 1. The zero-order valence-corrected chi connectivity index (χ0v) is 20.4. The number of hydrazine groups is 1. The van der Waals surface area contributed by atoms with Gasteiger partial charge >= 0.3 is 0 Å². The maximum absolute atomic E-state index is 14.0. The van der Waals surface area contributed by atoms with Gasteiger partial charge in [0.1, 0.15) is 18.0 Å². The quantitative estimate of drug-likeness (QED) is 0.605. The topological polar surface area (TPSA) is 67.8 Å². The second kappa shape index (κ2) is 10.6. The number of hydrogen-bond acceptors (Lipinski definition) is 7. The Bertz CT molecular complexity index is 953. The van der Waals surface area contributed by atoms with Crippen LogP contribution in [0.3, 0.4) is 0 Å². The molecule has 33 heavy (non-hydrogen) atoms. The van der Waals surface area contributed by atoms with Gasteiger partial charge in [-0.2, -0.15) is 0 Å². The minimum atomic E-state index is -0.498. The van der Waals surface area contributed by atoms with Crippen molar-refractivity contribution in [2.24, 2.45) is 0 Å². The molecule has 0 saturated carbocycles. The molecule has 9 heteroatoms. The van der Waals surface area contributed by atoms with E-state index >= 15 is 0 Å². The van der Waals surface area contributed by atoms with E-state index in [1.165, 1.54) is 6.07 Å². The van der Waals surface area contributed by atoms with Crippen LogP contribution in [0.5, 0.6) is 0 Å². The van der Waals surface area contributed by atoms with E-state index in [0.717, 1.165) is 61.9 Å². The van der Waals surface area contributed by atoms with E-state index in [-0.39, 0.29) is 16.8 Å². The largest absolute Gasteiger partial charge is 0.387 e. The fourth-order valence-corrected chi connectivity index (χ4v) is 4.91. The molecule has 0 radical (unpaired) electrons. The van der Waals surface area contributed by atoms with Crippen molar-refractivity contribution in [1.82, 2.24) is 25.3 Å². The van der Waals surface area contributed by atoms with Crippen molar-refractivity contribution < 1.29 is 9.50 Å². The molecule has 2 N–H and O–H groups in total. The third-order valence-corrected chi connectivity index (χ3v) is 6.81. The molecule has 1 aromatic carbocycles. The van der Waals surface area contributed by atoms with E-state index in [9.17, 15) is 9.50 Å². The van der Waals surface area contributed by atoms with Crippen LogP contribution in [0.15, 0.2) is 24.5 Å². The van der Waals surface area contributed by atoms with Gasteiger partial charge in [0.15, 0.2) is 0 Å². The summed E-state index contributed by atoms with van der Waals surface area (Å²) in [5.74, 6) is 0.826. The van der Waals surface area contributed by atoms with E-state index in [2.05, 4.69) is 51.0 Å². The summed E-state index contributed by atoms with van der Waals surface area (Å²) >= 11 is 5.88. The predicted molar refractivity (Wildman–Crippen MR) is 129 cm³/mol. The summed E-state index contributed by atoms with van der Waals surface area (Å²) in [6.07, 6.45) is 1.78. The second-order valence-corrected chi connectivity index (χ2v) is 9.74. The van der Waals surface area contributed by atoms with Crippen LogP contribution < -0.4 is 10.2 Å². The highest BCUT2D eigenvalue weighted by Crippen LogP contribution is 2.42. The summed E-state index contributed by atoms with van der Waals surface area (Å²) in [4.78, 5) is 11.2. The van der Waals surface area contributed by atoms with Gasteiger partial charge in [0, 0.05) is 57.4 Å². The highest BCUT2D eigenvalue weighted by molar-refractivity contribution is 6.30. The van der Waals surface area contributed by atoms with Crippen molar-refractivity contribution in [2.45, 2.75) is 51.8 Å². The summed E-state index contributed by atoms with van der Waals surface area (Å²) in [6, 6.07) is 5.45. The maximum atomic E-state index is 14.0. The number of nitrogens with zero attached hydrogens (tertiary/aromatic N) is 5. The number of piperazine rings is 1. The molecule has 1 aliphatic carbocycles. The molecular formula is C24H34ClFN6O. The Hall–Kier alpha value is -1.84. The first-order chi connectivity index (χ1) is 15.8. The Labute approximate surface area is 200 Å². The highest BCUT2D eigenvalue weighted by atomic mass is 35.5. The third-order valence-electron chi connectivity index (χ3n) is 6.51. The zero-order valence-electron chi connectivity index (χ0n) is 19.6. The van der Waals surface area contributed by atoms with Crippen LogP contribution in [0.1, 0.15) is 56.0 Å². The number of aliphatic hydroxyl groups is 1. The Morgan fingerprint density at radius 2 is 2.00 bits per heavy atom. The lowest BCUT2D eigenvalue weighted by molar-refractivity contribution is -0.0365. The van der Waals surface area contributed by atoms with Gasteiger partial charge in [0.2, 0.25) is 0 Å². The Morgan fingerprint density at radius 3 is 2.70 bits per heavy atom. The van der Waals surface area contributed by atoms with Crippen LogP contribution in [0.2, 0.25) is 5.02 Å². The number of benzene rings is 1. The van der Waals surface area contributed by atoms with Gasteiger partial charge in [-0.3, -0.25) is 0 Å². The Balaban J connectivity index is 1.45. The average Bonchev–Trinajstić information content (AvgIpc) is 3.09. The van der Waals surface area contributed by atoms with Gasteiger partial charge in [-0.25, -0.2) is 24.4 Å². The minimum absolute atomic E-state index is 0.150. The minimum Gasteiger partial charge on any atom is -0.387 e. The predicted octanol–water partition coefficient (Wildman–Crippen LogP) is 3.35. The highest BCUT2D eigenvalue weighted by Gasteiger charge is 2.34. The molecule has 7 nitrogen and oxygen atoms in total. The fraction of sp³-hybridized carbons (Fsp3) is 0.583. The average molecular weight is 477 g/mol. The van der Waals surface area contributed by atoms with Crippen LogP contribution in [-0.4, -0.2) is 70.4 Å². The molecule has 0 bridgehead atoms. The van der Waals surface area contributed by atoms with E-state index in [1.807, 2.05) is 6.07 Å². The summed E-state index contributed by atoms with van der Waals surface area (Å²) in [7, 11) is 0. The van der Waals surface area contributed by atoms with Crippen molar-refractivity contribution in [1.29, 1.82) is 0 Å². The molecule has 1 aliphatic heterocycles. The molecule has 2 aromatic rings. The number of nitrogens with one attached hydrogen (secondary N) is 1. The standard InChI is InChI=1S/C24H34ClFN6O/c1-16(2)27-6-7-32(14-18-4-5-19(25)20(26)13-18)31-10-8-30(9-11-31)24-22-17(3)12-21(33)23(22)28-15-29-24/h4-5,13,15-17,21,27,33H,6-12,14H2,1-3H3/t17-,21-/m1/s1. The van der Waals surface area contributed by atoms with Crippen LogP contribution in [0.25, 0.3) is 0 Å². The number of aliphatic hydroxyl groups excluding tert-OH is 1. The molecule has 2 atom stereocenters. The molecule has 2 aliphatic rings. The molecule has 2 heterocycles. The monoisotopic (exact) mass is 476 g/mol. The maximum Gasteiger partial charge on any atom is 0.142 e. The van der Waals surface area contributed by atoms with Crippen molar-refractivity contribution in [2.75, 3.05) is 44.2 Å². The zero-order chi connectivity index (χ0) is 23.5. The summed E-state index contributed by atoms with van der Waals surface area (Å²) in [5.41, 5.74) is 2.77. The van der Waals surface area contributed by atoms with Gasteiger partial charge < -0.3 is 15.3 Å². The lowest BCUT2D eigenvalue weighted by Gasteiger charge is -2.42. The smallest absolute Gasteiger partial charge is 0.142 e. The molecule has 4 rings (SSSR count). The van der Waals surface area contributed by atoms with Gasteiger partial charge in [-0.05, 0) is 30.0 Å². The van der Waals surface area contributed by atoms with E-state index in [1.54, 1.807) is 12.4 Å². The molecular weight excluding hydrogens is 443 g/mol. The molecule has 1 fully saturated rings. The van der Waals surface area contributed by atoms with Crippen molar-refractivity contribution >= 4 is 17.4 Å². The number of halogens is 2. The number of aromatic nitrogens is 2. The SMILES string of the molecule is CC(C)NCCN(Cc1ccc(Cl)c(F)c1)N1CCN(c2ncnc3c2[C@H](C)C[C@H]3O)CC1. The third kappa shape index (κ3) is 5.63. The summed E-state index contributed by atoms with van der Waals surface area (Å²) < 4.78 is 14.0. The summed E-state index contributed by atoms with van der Waals surface area (Å²) in [5, 5.41) is 18.6. The normalized spacial score (nSPS) is 21.3. The molecule has 1 aromatic heterocycles. The van der Waals surface area contributed by atoms with E-state index in [0.29, 0.717) is 19.0 Å². The fourth-order valence-electron chi connectivity index (χ4n) is 4.80. The van der Waals surface area contributed by atoms with Crippen molar-refractivity contribution in [3.8, 4) is 0 Å². The van der Waals surface area contributed by atoms with Crippen LogP contribution in [0, 0.1) is 5.82 Å². The second-order valence-electron chi connectivity index (χ2n) is 9.33. The lowest BCUT2D eigenvalue weighted by atomic mass is 10.1. The van der Waals surface area contributed by atoms with Crippen LogP contribution in [0.4, 0.5) is 10.2 Å². The molecule has 1 saturated heterocycles. The van der Waals surface area contributed by atoms with Gasteiger partial charge in [-0.1, -0.05) is 38.4 Å². The summed E-state index contributed by atoms with van der Waals surface area (Å²) in [6.45, 7) is 12.0. The van der Waals surface area contributed by atoms with Crippen molar-refractivity contribution in [3.05, 3.63) is 52.2 Å². The lowest BCUT2D eigenvalue weighted by Crippen LogP contribution is -2.55. The molecule has 0 spiro atoms. The van der Waals surface area contributed by atoms with Gasteiger partial charge in [-0.15, -0.1) is 0 Å². The first-order valence-corrected chi connectivity index (χ1v) is 12.2. The number of hydrogen-bond donors (Lipinski definition) is 2. The van der Waals surface area contributed by atoms with Gasteiger partial charge in [0.25, 0.3) is 0 Å². The van der Waals surface area contributed by atoms with Crippen LogP contribution >= 0.6 is 11.6 Å². The Morgan fingerprint density at radius 1 is 1.24 bits per heavy atom. The van der Waals surface area contributed by atoms with Gasteiger partial charge in [0.05, 0.1) is 16.8 Å². The number of rotatable bonds is 8. The first-order valence-electron chi connectivity index (χ1n) is 11.8. The van der Waals surface area contributed by atoms with E-state index in [4.69, 9.17) is 11.6 Å².